The molecule has 1 amide bonds. The minimum Gasteiger partial charge on any atom is -0.484 e. The monoisotopic (exact) mass is 394 g/mol. The van der Waals surface area contributed by atoms with E-state index in [9.17, 15) is 4.79 Å². The van der Waals surface area contributed by atoms with Gasteiger partial charge >= 0.3 is 0 Å². The molecular weight excluding hydrogens is 368 g/mol. The lowest BCUT2D eigenvalue weighted by atomic mass is 9.96. The van der Waals surface area contributed by atoms with Crippen LogP contribution in [0.15, 0.2) is 22.6 Å². The van der Waals surface area contributed by atoms with E-state index in [2.05, 4.69) is 20.1 Å². The number of aromatic nitrogens is 3. The zero-order valence-electron chi connectivity index (χ0n) is 16.6. The summed E-state index contributed by atoms with van der Waals surface area (Å²) in [6, 6.07) is 5.80. The van der Waals surface area contributed by atoms with Crippen molar-refractivity contribution in [1.29, 1.82) is 0 Å². The van der Waals surface area contributed by atoms with Crippen molar-refractivity contribution in [2.75, 3.05) is 6.61 Å². The topological polar surface area (TPSA) is 82.2 Å². The van der Waals surface area contributed by atoms with Gasteiger partial charge in [-0.2, -0.15) is 0 Å². The van der Waals surface area contributed by atoms with Crippen LogP contribution in [0.1, 0.15) is 55.1 Å². The van der Waals surface area contributed by atoms with Crippen molar-refractivity contribution < 1.29 is 13.9 Å². The smallest absolute Gasteiger partial charge is 0.258 e. The van der Waals surface area contributed by atoms with Crippen LogP contribution < -0.4 is 10.1 Å². The predicted molar refractivity (Wildman–Crippen MR) is 108 cm³/mol. The molecule has 7 nitrogen and oxygen atoms in total. The van der Waals surface area contributed by atoms with E-state index in [1.165, 1.54) is 24.8 Å². The normalized spacial score (nSPS) is 16.1. The Kier molecular flexibility index (Phi) is 4.96. The first-order valence-electron chi connectivity index (χ1n) is 10.6. The molecule has 2 aliphatic rings. The second-order valence-corrected chi connectivity index (χ2v) is 7.93. The SMILES string of the molecule is O=C(COc1ccc2oc3c(c2c1)CCCC3)NCc1nnc2n1CCCCC2. The molecule has 29 heavy (non-hydrogen) atoms. The number of amides is 1. The molecule has 7 heteroatoms. The van der Waals surface area contributed by atoms with Gasteiger partial charge in [0.15, 0.2) is 12.4 Å². The van der Waals surface area contributed by atoms with Crippen LogP contribution in [0.5, 0.6) is 5.75 Å². The summed E-state index contributed by atoms with van der Waals surface area (Å²) in [7, 11) is 0. The van der Waals surface area contributed by atoms with Gasteiger partial charge in [-0.3, -0.25) is 4.79 Å². The van der Waals surface area contributed by atoms with Gasteiger partial charge in [-0.05, 0) is 50.3 Å². The third kappa shape index (κ3) is 3.73. The number of furan rings is 1. The molecule has 1 N–H and O–H groups in total. The zero-order valence-corrected chi connectivity index (χ0v) is 16.6. The average Bonchev–Trinajstić information content (AvgIpc) is 3.22. The Bertz CT molecular complexity index is 1040. The second kappa shape index (κ2) is 7.89. The van der Waals surface area contributed by atoms with Gasteiger partial charge in [-0.25, -0.2) is 0 Å². The van der Waals surface area contributed by atoms with Gasteiger partial charge in [0.05, 0.1) is 6.54 Å². The third-order valence-electron chi connectivity index (χ3n) is 5.93. The van der Waals surface area contributed by atoms with Gasteiger partial charge in [0.1, 0.15) is 22.9 Å². The van der Waals surface area contributed by atoms with Crippen LogP contribution in [0.25, 0.3) is 11.0 Å². The van der Waals surface area contributed by atoms with E-state index in [0.29, 0.717) is 12.3 Å². The van der Waals surface area contributed by atoms with Gasteiger partial charge < -0.3 is 19.0 Å². The van der Waals surface area contributed by atoms with E-state index in [-0.39, 0.29) is 12.5 Å². The lowest BCUT2D eigenvalue weighted by molar-refractivity contribution is -0.123. The maximum atomic E-state index is 12.3. The van der Waals surface area contributed by atoms with Crippen molar-refractivity contribution in [2.24, 2.45) is 0 Å². The Balaban J connectivity index is 1.19. The van der Waals surface area contributed by atoms with Gasteiger partial charge in [0.25, 0.3) is 5.91 Å². The van der Waals surface area contributed by atoms with Crippen molar-refractivity contribution in [3.05, 3.63) is 41.2 Å². The summed E-state index contributed by atoms with van der Waals surface area (Å²) in [5, 5.41) is 12.5. The highest BCUT2D eigenvalue weighted by Crippen LogP contribution is 2.33. The Morgan fingerprint density at radius 1 is 1.10 bits per heavy atom. The van der Waals surface area contributed by atoms with Crippen LogP contribution >= 0.6 is 0 Å². The minimum absolute atomic E-state index is 0.0213. The molecule has 0 spiro atoms. The van der Waals surface area contributed by atoms with Crippen LogP contribution in [-0.2, 0) is 37.1 Å². The fourth-order valence-corrected chi connectivity index (χ4v) is 4.39. The lowest BCUT2D eigenvalue weighted by Gasteiger charge is -2.10. The standard InChI is InChI=1S/C22H26N4O3/c27-22(23-13-21-25-24-20-8-2-1-5-11-26(20)21)14-28-15-9-10-19-17(12-15)16-6-3-4-7-18(16)29-19/h9-10,12H,1-8,11,13-14H2,(H,23,27). The molecule has 0 saturated carbocycles. The van der Waals surface area contributed by atoms with Crippen LogP contribution in [0.2, 0.25) is 0 Å². The summed E-state index contributed by atoms with van der Waals surface area (Å²) >= 11 is 0. The summed E-state index contributed by atoms with van der Waals surface area (Å²) in [5.41, 5.74) is 2.20. The first-order chi connectivity index (χ1) is 14.3. The molecule has 152 valence electrons. The first kappa shape index (κ1) is 18.2. The number of ether oxygens (including phenoxy) is 1. The molecule has 0 saturated heterocycles. The van der Waals surface area contributed by atoms with Crippen molar-refractivity contribution >= 4 is 16.9 Å². The summed E-state index contributed by atoms with van der Waals surface area (Å²) < 4.78 is 13.8. The van der Waals surface area contributed by atoms with Crippen molar-refractivity contribution in [1.82, 2.24) is 20.1 Å². The lowest BCUT2D eigenvalue weighted by Crippen LogP contribution is -2.29. The Hall–Kier alpha value is -2.83. The molecule has 0 bridgehead atoms. The number of carbonyl (C=O) groups is 1. The van der Waals surface area contributed by atoms with Crippen LogP contribution in [0.4, 0.5) is 0 Å². The minimum atomic E-state index is -0.162. The summed E-state index contributed by atoms with van der Waals surface area (Å²) in [4.78, 5) is 12.3. The number of carbonyl (C=O) groups excluding carboxylic acids is 1. The van der Waals surface area contributed by atoms with Crippen LogP contribution in [0, 0.1) is 0 Å². The highest BCUT2D eigenvalue weighted by Gasteiger charge is 2.18. The molecule has 0 atom stereocenters. The van der Waals surface area contributed by atoms with Crippen molar-refractivity contribution in [3.8, 4) is 5.75 Å². The average molecular weight is 394 g/mol. The Labute approximate surface area is 169 Å². The fraction of sp³-hybridized carbons (Fsp3) is 0.500. The molecule has 0 radical (unpaired) electrons. The first-order valence-corrected chi connectivity index (χ1v) is 10.6. The number of rotatable bonds is 5. The molecular formula is C22H26N4O3. The van der Waals surface area contributed by atoms with E-state index in [0.717, 1.165) is 67.0 Å². The summed E-state index contributed by atoms with van der Waals surface area (Å²) in [6.45, 7) is 1.29. The van der Waals surface area contributed by atoms with E-state index in [1.807, 2.05) is 18.2 Å². The van der Waals surface area contributed by atoms with Crippen LogP contribution in [-0.4, -0.2) is 27.3 Å². The van der Waals surface area contributed by atoms with Crippen molar-refractivity contribution in [2.45, 2.75) is 64.5 Å². The Morgan fingerprint density at radius 3 is 2.97 bits per heavy atom. The molecule has 1 aliphatic carbocycles. The number of nitrogens with zero attached hydrogens (tertiary/aromatic N) is 3. The summed E-state index contributed by atoms with van der Waals surface area (Å²) in [5.74, 6) is 3.48. The number of hydrogen-bond donors (Lipinski definition) is 1. The zero-order chi connectivity index (χ0) is 19.6. The second-order valence-electron chi connectivity index (χ2n) is 7.93. The molecule has 1 aliphatic heterocycles. The van der Waals surface area contributed by atoms with Crippen molar-refractivity contribution in [3.63, 3.8) is 0 Å². The highest BCUT2D eigenvalue weighted by molar-refractivity contribution is 5.84. The number of nitrogens with one attached hydrogen (secondary N) is 1. The maximum Gasteiger partial charge on any atom is 0.258 e. The molecule has 0 fully saturated rings. The van der Waals surface area contributed by atoms with Gasteiger partial charge in [0.2, 0.25) is 0 Å². The maximum absolute atomic E-state index is 12.3. The van der Waals surface area contributed by atoms with Gasteiger partial charge in [0, 0.05) is 30.3 Å². The van der Waals surface area contributed by atoms with E-state index < -0.39 is 0 Å². The quantitative estimate of drug-likeness (QED) is 0.718. The molecule has 3 aromatic rings. The Morgan fingerprint density at radius 2 is 2.00 bits per heavy atom. The molecule has 1 aromatic carbocycles. The largest absolute Gasteiger partial charge is 0.484 e. The van der Waals surface area contributed by atoms with Crippen LogP contribution in [0.3, 0.4) is 0 Å². The molecule has 0 unspecified atom stereocenters. The van der Waals surface area contributed by atoms with Gasteiger partial charge in [-0.1, -0.05) is 6.42 Å². The number of aryl methyl sites for hydroxylation is 3. The molecule has 2 aromatic heterocycles. The number of hydrogen-bond acceptors (Lipinski definition) is 5. The highest BCUT2D eigenvalue weighted by atomic mass is 16.5. The van der Waals surface area contributed by atoms with E-state index >= 15 is 0 Å². The number of fused-ring (bicyclic) bond motifs is 4. The van der Waals surface area contributed by atoms with E-state index in [4.69, 9.17) is 9.15 Å². The van der Waals surface area contributed by atoms with Gasteiger partial charge in [-0.15, -0.1) is 10.2 Å². The molecule has 3 heterocycles. The molecule has 5 rings (SSSR count). The third-order valence-corrected chi connectivity index (χ3v) is 5.93. The fourth-order valence-electron chi connectivity index (χ4n) is 4.39. The van der Waals surface area contributed by atoms with E-state index in [1.54, 1.807) is 0 Å². The predicted octanol–water partition coefficient (Wildman–Crippen LogP) is 3.32. The summed E-state index contributed by atoms with van der Waals surface area (Å²) in [6.07, 6.45) is 8.91. The number of benzene rings is 1.